The second kappa shape index (κ2) is 5.51. The lowest BCUT2D eigenvalue weighted by Gasteiger charge is -2.31. The van der Waals surface area contributed by atoms with Crippen molar-refractivity contribution < 1.29 is 9.53 Å². The molecule has 1 aromatic carbocycles. The zero-order chi connectivity index (χ0) is 13.1. The van der Waals surface area contributed by atoms with Crippen molar-refractivity contribution in [3.63, 3.8) is 0 Å². The van der Waals surface area contributed by atoms with E-state index in [1.807, 2.05) is 19.1 Å². The highest BCUT2D eigenvalue weighted by Gasteiger charge is 2.28. The molecule has 5 heteroatoms. The van der Waals surface area contributed by atoms with Gasteiger partial charge < -0.3 is 9.64 Å². The molecule has 1 amide bonds. The predicted molar refractivity (Wildman–Crippen MR) is 70.1 cm³/mol. The van der Waals surface area contributed by atoms with Crippen LogP contribution in [0.1, 0.15) is 15.9 Å². The van der Waals surface area contributed by atoms with Gasteiger partial charge in [-0.2, -0.15) is 5.26 Å². The zero-order valence-corrected chi connectivity index (χ0v) is 11.6. The number of hydrogen-bond donors (Lipinski definition) is 0. The van der Waals surface area contributed by atoms with Gasteiger partial charge in [-0.05, 0) is 24.6 Å². The Kier molecular flexibility index (Phi) is 4.00. The van der Waals surface area contributed by atoms with Gasteiger partial charge in [-0.25, -0.2) is 0 Å². The number of benzene rings is 1. The summed E-state index contributed by atoms with van der Waals surface area (Å²) < 4.78 is 6.12. The molecule has 18 heavy (non-hydrogen) atoms. The van der Waals surface area contributed by atoms with Gasteiger partial charge in [0.15, 0.2) is 0 Å². The standard InChI is InChI=1S/C13H13BrN2O2/c1-9-11(3-2-4-12(9)14)13(17)16-5-6-18-8-10(16)7-15/h2-4,10H,5-6,8H2,1H3. The summed E-state index contributed by atoms with van der Waals surface area (Å²) in [5, 5.41) is 9.05. The van der Waals surface area contributed by atoms with Gasteiger partial charge in [-0.15, -0.1) is 0 Å². The van der Waals surface area contributed by atoms with Crippen molar-refractivity contribution in [2.24, 2.45) is 0 Å². The third kappa shape index (κ3) is 2.40. The van der Waals surface area contributed by atoms with Gasteiger partial charge in [0.25, 0.3) is 5.91 Å². The Morgan fingerprint density at radius 3 is 3.11 bits per heavy atom. The number of ether oxygens (including phenoxy) is 1. The highest BCUT2D eigenvalue weighted by Crippen LogP contribution is 2.22. The number of carbonyl (C=O) groups excluding carboxylic acids is 1. The van der Waals surface area contributed by atoms with Gasteiger partial charge in [-0.3, -0.25) is 4.79 Å². The average Bonchev–Trinajstić information content (AvgIpc) is 2.41. The average molecular weight is 309 g/mol. The van der Waals surface area contributed by atoms with E-state index in [4.69, 9.17) is 10.00 Å². The summed E-state index contributed by atoms with van der Waals surface area (Å²) in [7, 11) is 0. The lowest BCUT2D eigenvalue weighted by molar-refractivity contribution is 0.0132. The van der Waals surface area contributed by atoms with E-state index >= 15 is 0 Å². The Hall–Kier alpha value is -1.38. The Balaban J connectivity index is 2.30. The first kappa shape index (κ1) is 13.1. The SMILES string of the molecule is Cc1c(Br)cccc1C(=O)N1CCOCC1C#N. The fourth-order valence-corrected chi connectivity index (χ4v) is 2.31. The quantitative estimate of drug-likeness (QED) is 0.798. The van der Waals surface area contributed by atoms with Crippen molar-refractivity contribution in [2.45, 2.75) is 13.0 Å². The summed E-state index contributed by atoms with van der Waals surface area (Å²) in [4.78, 5) is 14.0. The van der Waals surface area contributed by atoms with Crippen LogP contribution in [0.5, 0.6) is 0 Å². The fraction of sp³-hybridized carbons (Fsp3) is 0.385. The van der Waals surface area contributed by atoms with Crippen LogP contribution >= 0.6 is 15.9 Å². The van der Waals surface area contributed by atoms with Crippen molar-refractivity contribution in [2.75, 3.05) is 19.8 Å². The van der Waals surface area contributed by atoms with E-state index in [0.29, 0.717) is 18.7 Å². The maximum absolute atomic E-state index is 12.4. The molecule has 1 heterocycles. The predicted octanol–water partition coefficient (Wildman–Crippen LogP) is 2.12. The van der Waals surface area contributed by atoms with Crippen LogP contribution in [0.15, 0.2) is 22.7 Å². The van der Waals surface area contributed by atoms with Gasteiger partial charge in [0.05, 0.1) is 19.3 Å². The maximum atomic E-state index is 12.4. The van der Waals surface area contributed by atoms with Gasteiger partial charge in [0, 0.05) is 16.6 Å². The molecule has 0 bridgehead atoms. The molecule has 0 N–H and O–H groups in total. The van der Waals surface area contributed by atoms with Crippen molar-refractivity contribution in [1.29, 1.82) is 5.26 Å². The lowest BCUT2D eigenvalue weighted by atomic mass is 10.1. The van der Waals surface area contributed by atoms with Crippen LogP contribution in [0.25, 0.3) is 0 Å². The zero-order valence-electron chi connectivity index (χ0n) is 10.0. The lowest BCUT2D eigenvalue weighted by Crippen LogP contribution is -2.48. The Labute approximate surface area is 114 Å². The first-order chi connectivity index (χ1) is 8.65. The highest BCUT2D eigenvalue weighted by molar-refractivity contribution is 9.10. The number of nitrogens with zero attached hydrogens (tertiary/aromatic N) is 2. The minimum Gasteiger partial charge on any atom is -0.376 e. The normalized spacial score (nSPS) is 19.4. The molecule has 1 atom stereocenters. The monoisotopic (exact) mass is 308 g/mol. The molecule has 1 aromatic rings. The summed E-state index contributed by atoms with van der Waals surface area (Å²) >= 11 is 3.41. The topological polar surface area (TPSA) is 53.3 Å². The summed E-state index contributed by atoms with van der Waals surface area (Å²) in [5.74, 6) is -0.108. The maximum Gasteiger partial charge on any atom is 0.255 e. The number of amides is 1. The summed E-state index contributed by atoms with van der Waals surface area (Å²) in [5.41, 5.74) is 1.53. The summed E-state index contributed by atoms with van der Waals surface area (Å²) in [6.45, 7) is 3.12. The molecule has 1 aliphatic heterocycles. The summed E-state index contributed by atoms with van der Waals surface area (Å²) in [6.07, 6.45) is 0. The number of morpholine rings is 1. The van der Waals surface area contributed by atoms with E-state index in [-0.39, 0.29) is 12.5 Å². The first-order valence-electron chi connectivity index (χ1n) is 5.68. The van der Waals surface area contributed by atoms with E-state index in [2.05, 4.69) is 22.0 Å². The molecule has 2 rings (SSSR count). The molecule has 4 nitrogen and oxygen atoms in total. The number of nitriles is 1. The van der Waals surface area contributed by atoms with Crippen LogP contribution in [0.3, 0.4) is 0 Å². The first-order valence-corrected chi connectivity index (χ1v) is 6.48. The van der Waals surface area contributed by atoms with E-state index in [0.717, 1.165) is 10.0 Å². The highest BCUT2D eigenvalue weighted by atomic mass is 79.9. The van der Waals surface area contributed by atoms with E-state index in [1.165, 1.54) is 0 Å². The van der Waals surface area contributed by atoms with E-state index in [9.17, 15) is 4.79 Å². The van der Waals surface area contributed by atoms with Crippen molar-refractivity contribution >= 4 is 21.8 Å². The number of carbonyl (C=O) groups is 1. The van der Waals surface area contributed by atoms with Crippen LogP contribution in [0.2, 0.25) is 0 Å². The largest absolute Gasteiger partial charge is 0.376 e. The number of hydrogen-bond acceptors (Lipinski definition) is 3. The minimum absolute atomic E-state index is 0.108. The molecule has 0 saturated carbocycles. The molecule has 0 radical (unpaired) electrons. The fourth-order valence-electron chi connectivity index (χ4n) is 1.95. The third-order valence-electron chi connectivity index (χ3n) is 3.04. The molecule has 0 aliphatic carbocycles. The third-order valence-corrected chi connectivity index (χ3v) is 3.90. The molecule has 0 spiro atoms. The molecular formula is C13H13BrN2O2. The smallest absolute Gasteiger partial charge is 0.255 e. The Morgan fingerprint density at radius 2 is 2.39 bits per heavy atom. The number of rotatable bonds is 1. The van der Waals surface area contributed by atoms with Crippen molar-refractivity contribution in [3.8, 4) is 6.07 Å². The van der Waals surface area contributed by atoms with Gasteiger partial charge in [-0.1, -0.05) is 22.0 Å². The van der Waals surface area contributed by atoms with Crippen LogP contribution in [0, 0.1) is 18.3 Å². The number of halogens is 1. The Morgan fingerprint density at radius 1 is 1.61 bits per heavy atom. The molecule has 94 valence electrons. The molecule has 1 unspecified atom stereocenters. The van der Waals surface area contributed by atoms with Gasteiger partial charge in [0.2, 0.25) is 0 Å². The van der Waals surface area contributed by atoms with Gasteiger partial charge in [0.1, 0.15) is 6.04 Å². The van der Waals surface area contributed by atoms with Crippen molar-refractivity contribution in [3.05, 3.63) is 33.8 Å². The van der Waals surface area contributed by atoms with E-state index < -0.39 is 6.04 Å². The van der Waals surface area contributed by atoms with E-state index in [1.54, 1.807) is 11.0 Å². The van der Waals surface area contributed by atoms with Crippen molar-refractivity contribution in [1.82, 2.24) is 4.90 Å². The molecule has 1 aliphatic rings. The second-order valence-electron chi connectivity index (χ2n) is 4.13. The minimum atomic E-state index is -0.496. The molecule has 1 fully saturated rings. The van der Waals surface area contributed by atoms with Crippen LogP contribution < -0.4 is 0 Å². The van der Waals surface area contributed by atoms with Gasteiger partial charge >= 0.3 is 0 Å². The molecule has 0 aromatic heterocycles. The summed E-state index contributed by atoms with van der Waals surface area (Å²) in [6, 6.07) is 7.12. The molecular weight excluding hydrogens is 296 g/mol. The Bertz CT molecular complexity index is 510. The van der Waals surface area contributed by atoms with Crippen LogP contribution in [0.4, 0.5) is 0 Å². The van der Waals surface area contributed by atoms with Crippen LogP contribution in [-0.2, 0) is 4.74 Å². The molecule has 1 saturated heterocycles. The second-order valence-corrected chi connectivity index (χ2v) is 4.99. The van der Waals surface area contributed by atoms with Crippen LogP contribution in [-0.4, -0.2) is 36.6 Å².